The minimum absolute atomic E-state index is 0.0663. The summed E-state index contributed by atoms with van der Waals surface area (Å²) >= 11 is 0. The molecule has 0 bridgehead atoms. The summed E-state index contributed by atoms with van der Waals surface area (Å²) in [6, 6.07) is 0.0663. The minimum Gasteiger partial charge on any atom is -0.378 e. The van der Waals surface area contributed by atoms with E-state index in [9.17, 15) is 0 Å². The Labute approximate surface area is 95.1 Å². The highest BCUT2D eigenvalue weighted by Gasteiger charge is 2.32. The first-order chi connectivity index (χ1) is 7.70. The van der Waals surface area contributed by atoms with Crippen LogP contribution in [0.4, 0.5) is 0 Å². The fourth-order valence-corrected chi connectivity index (χ4v) is 2.34. The Morgan fingerprint density at radius 1 is 1.62 bits per heavy atom. The molecular weight excluding hydrogens is 206 g/mol. The van der Waals surface area contributed by atoms with Crippen LogP contribution in [-0.2, 0) is 18.2 Å². The van der Waals surface area contributed by atoms with Gasteiger partial charge in [-0.15, -0.1) is 10.2 Å². The normalized spacial score (nSPS) is 27.2. The molecule has 0 amide bonds. The first-order valence-corrected chi connectivity index (χ1v) is 5.80. The first-order valence-electron chi connectivity index (χ1n) is 5.80. The van der Waals surface area contributed by atoms with E-state index >= 15 is 0 Å². The molecule has 0 saturated carbocycles. The standard InChI is InChI=1S/C10H19N5O/c1-3-9-7(4-5-16-9)8(11)6-10-12-14-15(2)13-10/h7-9H,3-6,11H2,1-2H3. The van der Waals surface area contributed by atoms with Crippen molar-refractivity contribution < 1.29 is 4.74 Å². The quantitative estimate of drug-likeness (QED) is 0.773. The van der Waals surface area contributed by atoms with Gasteiger partial charge in [-0.25, -0.2) is 0 Å². The predicted molar refractivity (Wildman–Crippen MR) is 58.6 cm³/mol. The van der Waals surface area contributed by atoms with Crippen molar-refractivity contribution in [2.75, 3.05) is 6.61 Å². The van der Waals surface area contributed by atoms with Crippen molar-refractivity contribution >= 4 is 0 Å². The molecule has 1 aliphatic rings. The van der Waals surface area contributed by atoms with E-state index in [0.717, 1.165) is 25.3 Å². The molecule has 1 saturated heterocycles. The van der Waals surface area contributed by atoms with Crippen LogP contribution in [0.2, 0.25) is 0 Å². The third-order valence-corrected chi connectivity index (χ3v) is 3.18. The largest absolute Gasteiger partial charge is 0.378 e. The summed E-state index contributed by atoms with van der Waals surface area (Å²) in [4.78, 5) is 1.46. The number of aryl methyl sites for hydroxylation is 1. The summed E-state index contributed by atoms with van der Waals surface area (Å²) in [6.07, 6.45) is 3.04. The second-order valence-corrected chi connectivity index (χ2v) is 4.33. The van der Waals surface area contributed by atoms with E-state index in [1.165, 1.54) is 4.80 Å². The lowest BCUT2D eigenvalue weighted by atomic mass is 9.90. The van der Waals surface area contributed by atoms with Crippen LogP contribution >= 0.6 is 0 Å². The van der Waals surface area contributed by atoms with Gasteiger partial charge in [0.25, 0.3) is 0 Å². The molecular formula is C10H19N5O. The number of hydrogen-bond donors (Lipinski definition) is 1. The highest BCUT2D eigenvalue weighted by molar-refractivity contribution is 4.91. The number of aromatic nitrogens is 4. The number of hydrogen-bond acceptors (Lipinski definition) is 5. The molecule has 3 atom stereocenters. The van der Waals surface area contributed by atoms with Crippen LogP contribution < -0.4 is 5.73 Å². The topological polar surface area (TPSA) is 78.9 Å². The number of nitrogens with zero attached hydrogens (tertiary/aromatic N) is 4. The number of tetrazole rings is 1. The molecule has 1 fully saturated rings. The van der Waals surface area contributed by atoms with Gasteiger partial charge in [-0.1, -0.05) is 6.92 Å². The van der Waals surface area contributed by atoms with Crippen molar-refractivity contribution in [1.82, 2.24) is 20.2 Å². The number of rotatable bonds is 4. The van der Waals surface area contributed by atoms with E-state index in [0.29, 0.717) is 18.4 Å². The molecule has 6 nitrogen and oxygen atoms in total. The zero-order valence-corrected chi connectivity index (χ0v) is 9.83. The zero-order valence-electron chi connectivity index (χ0n) is 9.83. The van der Waals surface area contributed by atoms with E-state index in [2.05, 4.69) is 22.3 Å². The lowest BCUT2D eigenvalue weighted by Crippen LogP contribution is -2.37. The molecule has 90 valence electrons. The summed E-state index contributed by atoms with van der Waals surface area (Å²) in [6.45, 7) is 2.96. The van der Waals surface area contributed by atoms with Crippen molar-refractivity contribution in [3.05, 3.63) is 5.82 Å². The van der Waals surface area contributed by atoms with E-state index in [-0.39, 0.29) is 6.04 Å². The maximum absolute atomic E-state index is 6.19. The van der Waals surface area contributed by atoms with Crippen LogP contribution in [0.15, 0.2) is 0 Å². The Balaban J connectivity index is 1.94. The summed E-state index contributed by atoms with van der Waals surface area (Å²) in [5.74, 6) is 1.14. The molecule has 0 aromatic carbocycles. The van der Waals surface area contributed by atoms with E-state index < -0.39 is 0 Å². The van der Waals surface area contributed by atoms with E-state index in [4.69, 9.17) is 10.5 Å². The zero-order chi connectivity index (χ0) is 11.5. The average Bonchev–Trinajstić information content (AvgIpc) is 2.86. The maximum atomic E-state index is 6.19. The molecule has 1 aliphatic heterocycles. The van der Waals surface area contributed by atoms with E-state index in [1.54, 1.807) is 7.05 Å². The summed E-state index contributed by atoms with van der Waals surface area (Å²) in [7, 11) is 1.76. The molecule has 2 heterocycles. The van der Waals surface area contributed by atoms with E-state index in [1.807, 2.05) is 0 Å². The summed E-state index contributed by atoms with van der Waals surface area (Å²) < 4.78 is 5.64. The fourth-order valence-electron chi connectivity index (χ4n) is 2.34. The Morgan fingerprint density at radius 2 is 2.44 bits per heavy atom. The first kappa shape index (κ1) is 11.5. The van der Waals surface area contributed by atoms with Gasteiger partial charge in [0.2, 0.25) is 0 Å². The van der Waals surface area contributed by atoms with Gasteiger partial charge in [-0.05, 0) is 18.1 Å². The van der Waals surface area contributed by atoms with Crippen LogP contribution in [0.3, 0.4) is 0 Å². The Bertz CT molecular complexity index is 340. The third kappa shape index (κ3) is 2.38. The molecule has 0 aliphatic carbocycles. The molecule has 1 aromatic heterocycles. The molecule has 16 heavy (non-hydrogen) atoms. The molecule has 2 rings (SSSR count). The molecule has 1 aromatic rings. The summed E-state index contributed by atoms with van der Waals surface area (Å²) in [5.41, 5.74) is 6.19. The van der Waals surface area contributed by atoms with Crippen molar-refractivity contribution in [3.8, 4) is 0 Å². The highest BCUT2D eigenvalue weighted by Crippen LogP contribution is 2.26. The van der Waals surface area contributed by atoms with Gasteiger partial charge in [0, 0.05) is 25.0 Å². The second-order valence-electron chi connectivity index (χ2n) is 4.33. The monoisotopic (exact) mass is 225 g/mol. The lowest BCUT2D eigenvalue weighted by Gasteiger charge is -2.22. The van der Waals surface area contributed by atoms with Crippen LogP contribution in [0, 0.1) is 5.92 Å². The second kappa shape index (κ2) is 4.88. The smallest absolute Gasteiger partial charge is 0.176 e. The van der Waals surface area contributed by atoms with Crippen LogP contribution in [0.1, 0.15) is 25.6 Å². The Morgan fingerprint density at radius 3 is 3.06 bits per heavy atom. The molecule has 3 unspecified atom stereocenters. The number of ether oxygens (including phenoxy) is 1. The number of nitrogens with two attached hydrogens (primary N) is 1. The fraction of sp³-hybridized carbons (Fsp3) is 0.900. The van der Waals surface area contributed by atoms with Gasteiger partial charge in [0.05, 0.1) is 13.2 Å². The lowest BCUT2D eigenvalue weighted by molar-refractivity contribution is 0.0812. The van der Waals surface area contributed by atoms with Gasteiger partial charge in [-0.2, -0.15) is 4.80 Å². The van der Waals surface area contributed by atoms with Gasteiger partial charge < -0.3 is 10.5 Å². The van der Waals surface area contributed by atoms with Gasteiger partial charge >= 0.3 is 0 Å². The summed E-state index contributed by atoms with van der Waals surface area (Å²) in [5, 5.41) is 11.9. The minimum atomic E-state index is 0.0663. The third-order valence-electron chi connectivity index (χ3n) is 3.18. The Hall–Kier alpha value is -1.01. The predicted octanol–water partition coefficient (Wildman–Crippen LogP) is -0.105. The maximum Gasteiger partial charge on any atom is 0.176 e. The average molecular weight is 225 g/mol. The Kier molecular flexibility index (Phi) is 3.50. The molecule has 6 heteroatoms. The van der Waals surface area contributed by atoms with Crippen molar-refractivity contribution in [3.63, 3.8) is 0 Å². The van der Waals surface area contributed by atoms with Crippen molar-refractivity contribution in [1.29, 1.82) is 0 Å². The van der Waals surface area contributed by atoms with Crippen molar-refractivity contribution in [2.24, 2.45) is 18.7 Å². The van der Waals surface area contributed by atoms with Crippen LogP contribution in [0.25, 0.3) is 0 Å². The van der Waals surface area contributed by atoms with Gasteiger partial charge in [0.15, 0.2) is 5.82 Å². The van der Waals surface area contributed by atoms with Gasteiger partial charge in [-0.3, -0.25) is 0 Å². The van der Waals surface area contributed by atoms with Gasteiger partial charge in [0.1, 0.15) is 0 Å². The molecule has 0 spiro atoms. The molecule has 0 radical (unpaired) electrons. The SMILES string of the molecule is CCC1OCCC1C(N)Cc1nnn(C)n1. The van der Waals surface area contributed by atoms with Crippen molar-refractivity contribution in [2.45, 2.75) is 38.3 Å². The molecule has 2 N–H and O–H groups in total. The van der Waals surface area contributed by atoms with Crippen LogP contribution in [0.5, 0.6) is 0 Å². The highest BCUT2D eigenvalue weighted by atomic mass is 16.5. The van der Waals surface area contributed by atoms with Crippen LogP contribution in [-0.4, -0.2) is 39.0 Å².